The van der Waals surface area contributed by atoms with E-state index in [9.17, 15) is 0 Å². The molecule has 2 rings (SSSR count). The molecule has 0 radical (unpaired) electrons. The van der Waals surface area contributed by atoms with Crippen LogP contribution in [0.3, 0.4) is 0 Å². The number of nitrogens with two attached hydrogens (primary N) is 1. The minimum Gasteiger partial charge on any atom is -0.370 e. The van der Waals surface area contributed by atoms with Gasteiger partial charge in [-0.2, -0.15) is 0 Å². The SMILES string of the molecule is CCN(CC)C(N)=NCC1CCCc2ccccc21.I. The van der Waals surface area contributed by atoms with Crippen LogP contribution in [0.5, 0.6) is 0 Å². The van der Waals surface area contributed by atoms with Crippen LogP contribution < -0.4 is 5.73 Å². The minimum absolute atomic E-state index is 0. The summed E-state index contributed by atoms with van der Waals surface area (Å²) < 4.78 is 0. The number of guanidine groups is 1. The Labute approximate surface area is 139 Å². The Bertz CT molecular complexity index is 441. The van der Waals surface area contributed by atoms with Crippen LogP contribution in [0.1, 0.15) is 43.7 Å². The molecule has 4 heteroatoms. The summed E-state index contributed by atoms with van der Waals surface area (Å²) >= 11 is 0. The zero-order valence-corrected chi connectivity index (χ0v) is 14.8. The van der Waals surface area contributed by atoms with Crippen LogP contribution in [0.4, 0.5) is 0 Å². The van der Waals surface area contributed by atoms with Crippen molar-refractivity contribution in [2.45, 2.75) is 39.0 Å². The lowest BCUT2D eigenvalue weighted by Gasteiger charge is -2.25. The summed E-state index contributed by atoms with van der Waals surface area (Å²) in [6.07, 6.45) is 3.70. The summed E-state index contributed by atoms with van der Waals surface area (Å²) in [4.78, 5) is 6.71. The number of nitrogens with zero attached hydrogens (tertiary/aromatic N) is 2. The Balaban J connectivity index is 0.00000200. The maximum atomic E-state index is 6.05. The van der Waals surface area contributed by atoms with Gasteiger partial charge in [0.1, 0.15) is 0 Å². The predicted molar refractivity (Wildman–Crippen MR) is 96.9 cm³/mol. The Morgan fingerprint density at radius 3 is 2.70 bits per heavy atom. The van der Waals surface area contributed by atoms with Gasteiger partial charge in [-0.1, -0.05) is 24.3 Å². The standard InChI is InChI=1S/C16H25N3.HI/c1-3-19(4-2)16(17)18-12-14-10-7-9-13-8-5-6-11-15(13)14;/h5-6,8,11,14H,3-4,7,9-10,12H2,1-2H3,(H2,17,18);1H. The highest BCUT2D eigenvalue weighted by atomic mass is 127. The van der Waals surface area contributed by atoms with Crippen LogP contribution in [0.15, 0.2) is 29.3 Å². The highest BCUT2D eigenvalue weighted by molar-refractivity contribution is 14.0. The van der Waals surface area contributed by atoms with Crippen molar-refractivity contribution < 1.29 is 0 Å². The van der Waals surface area contributed by atoms with E-state index in [1.165, 1.54) is 30.4 Å². The average Bonchev–Trinajstić information content (AvgIpc) is 2.46. The molecule has 1 aromatic rings. The molecule has 1 aromatic carbocycles. The van der Waals surface area contributed by atoms with Gasteiger partial charge in [-0.05, 0) is 44.2 Å². The van der Waals surface area contributed by atoms with Crippen LogP contribution >= 0.6 is 24.0 Å². The lowest BCUT2D eigenvalue weighted by Crippen LogP contribution is -2.37. The summed E-state index contributed by atoms with van der Waals surface area (Å²) in [5.74, 6) is 1.23. The molecule has 0 saturated carbocycles. The topological polar surface area (TPSA) is 41.6 Å². The van der Waals surface area contributed by atoms with E-state index < -0.39 is 0 Å². The van der Waals surface area contributed by atoms with E-state index in [-0.39, 0.29) is 24.0 Å². The van der Waals surface area contributed by atoms with Gasteiger partial charge in [-0.25, -0.2) is 0 Å². The molecule has 0 fully saturated rings. The molecule has 0 amide bonds. The Morgan fingerprint density at radius 1 is 1.30 bits per heavy atom. The summed E-state index contributed by atoms with van der Waals surface area (Å²) in [6, 6.07) is 8.77. The van der Waals surface area contributed by atoms with Gasteiger partial charge in [0.2, 0.25) is 0 Å². The van der Waals surface area contributed by atoms with Crippen molar-refractivity contribution in [2.75, 3.05) is 19.6 Å². The molecule has 3 nitrogen and oxygen atoms in total. The molecule has 1 atom stereocenters. The van der Waals surface area contributed by atoms with E-state index in [4.69, 9.17) is 5.73 Å². The van der Waals surface area contributed by atoms with E-state index in [1.54, 1.807) is 0 Å². The molecule has 0 spiro atoms. The molecule has 2 N–H and O–H groups in total. The van der Waals surface area contributed by atoms with Gasteiger partial charge < -0.3 is 10.6 Å². The fraction of sp³-hybridized carbons (Fsp3) is 0.562. The van der Waals surface area contributed by atoms with Crippen molar-refractivity contribution in [1.29, 1.82) is 0 Å². The zero-order valence-electron chi connectivity index (χ0n) is 12.5. The monoisotopic (exact) mass is 387 g/mol. The number of aryl methyl sites for hydroxylation is 1. The average molecular weight is 387 g/mol. The van der Waals surface area contributed by atoms with Crippen molar-refractivity contribution in [3.63, 3.8) is 0 Å². The molecule has 0 aliphatic heterocycles. The number of hydrogen-bond donors (Lipinski definition) is 1. The number of hydrogen-bond acceptors (Lipinski definition) is 1. The molecule has 0 saturated heterocycles. The van der Waals surface area contributed by atoms with Gasteiger partial charge in [0.15, 0.2) is 5.96 Å². The first-order valence-corrected chi connectivity index (χ1v) is 7.38. The second-order valence-corrected chi connectivity index (χ2v) is 5.16. The number of aliphatic imine (C=N–C) groups is 1. The zero-order chi connectivity index (χ0) is 13.7. The van der Waals surface area contributed by atoms with Crippen LogP contribution in [0, 0.1) is 0 Å². The Morgan fingerprint density at radius 2 is 2.00 bits per heavy atom. The van der Waals surface area contributed by atoms with Gasteiger partial charge >= 0.3 is 0 Å². The molecule has 1 aliphatic rings. The second-order valence-electron chi connectivity index (χ2n) is 5.16. The lowest BCUT2D eigenvalue weighted by molar-refractivity contribution is 0.455. The molecule has 20 heavy (non-hydrogen) atoms. The van der Waals surface area contributed by atoms with Crippen molar-refractivity contribution in [3.8, 4) is 0 Å². The first kappa shape index (κ1) is 17.3. The lowest BCUT2D eigenvalue weighted by atomic mass is 9.83. The first-order valence-electron chi connectivity index (χ1n) is 7.38. The third-order valence-electron chi connectivity index (χ3n) is 4.05. The van der Waals surface area contributed by atoms with Gasteiger partial charge in [0.25, 0.3) is 0 Å². The van der Waals surface area contributed by atoms with Crippen molar-refractivity contribution in [2.24, 2.45) is 10.7 Å². The number of fused-ring (bicyclic) bond motifs is 1. The Hall–Kier alpha value is -0.780. The molecule has 0 bridgehead atoms. The third kappa shape index (κ3) is 4.11. The molecule has 0 heterocycles. The molecule has 1 aliphatic carbocycles. The fourth-order valence-corrected chi connectivity index (χ4v) is 2.90. The van der Waals surface area contributed by atoms with Crippen LogP contribution in [-0.2, 0) is 6.42 Å². The molecular formula is C16H26IN3. The minimum atomic E-state index is 0. The number of rotatable bonds is 4. The summed E-state index contributed by atoms with van der Waals surface area (Å²) in [5.41, 5.74) is 9.02. The van der Waals surface area contributed by atoms with Gasteiger partial charge in [-0.15, -0.1) is 24.0 Å². The van der Waals surface area contributed by atoms with Crippen LogP contribution in [0.25, 0.3) is 0 Å². The van der Waals surface area contributed by atoms with Crippen LogP contribution in [0.2, 0.25) is 0 Å². The summed E-state index contributed by atoms with van der Waals surface area (Å²) in [6.45, 7) is 6.89. The van der Waals surface area contributed by atoms with E-state index in [0.29, 0.717) is 11.9 Å². The van der Waals surface area contributed by atoms with Gasteiger partial charge in [0, 0.05) is 25.6 Å². The second kappa shape index (κ2) is 8.49. The van der Waals surface area contributed by atoms with E-state index in [0.717, 1.165) is 19.6 Å². The highest BCUT2D eigenvalue weighted by Gasteiger charge is 2.19. The van der Waals surface area contributed by atoms with Crippen LogP contribution in [-0.4, -0.2) is 30.5 Å². The summed E-state index contributed by atoms with van der Waals surface area (Å²) in [5, 5.41) is 0. The largest absolute Gasteiger partial charge is 0.370 e. The maximum Gasteiger partial charge on any atom is 0.191 e. The van der Waals surface area contributed by atoms with Crippen molar-refractivity contribution in [1.82, 2.24) is 4.90 Å². The van der Waals surface area contributed by atoms with E-state index >= 15 is 0 Å². The van der Waals surface area contributed by atoms with Gasteiger partial charge in [-0.3, -0.25) is 4.99 Å². The van der Waals surface area contributed by atoms with E-state index in [1.807, 2.05) is 0 Å². The molecule has 112 valence electrons. The number of benzene rings is 1. The summed E-state index contributed by atoms with van der Waals surface area (Å²) in [7, 11) is 0. The first-order chi connectivity index (χ1) is 9.26. The third-order valence-corrected chi connectivity index (χ3v) is 4.05. The van der Waals surface area contributed by atoms with Gasteiger partial charge in [0.05, 0.1) is 0 Å². The van der Waals surface area contributed by atoms with E-state index in [2.05, 4.69) is 48.0 Å². The Kier molecular flexibility index (Phi) is 7.34. The normalized spacial score (nSPS) is 18.1. The fourth-order valence-electron chi connectivity index (χ4n) is 2.90. The van der Waals surface area contributed by atoms with Crippen molar-refractivity contribution in [3.05, 3.63) is 35.4 Å². The molecular weight excluding hydrogens is 361 g/mol. The molecule has 0 aromatic heterocycles. The highest BCUT2D eigenvalue weighted by Crippen LogP contribution is 2.31. The van der Waals surface area contributed by atoms with Crippen molar-refractivity contribution >= 4 is 29.9 Å². The predicted octanol–water partition coefficient (Wildman–Crippen LogP) is 3.38. The smallest absolute Gasteiger partial charge is 0.191 e. The molecule has 1 unspecified atom stereocenters. The quantitative estimate of drug-likeness (QED) is 0.489. The number of halogens is 1. The maximum absolute atomic E-state index is 6.05.